The first-order chi connectivity index (χ1) is 9.72. The molecule has 21 heavy (non-hydrogen) atoms. The Morgan fingerprint density at radius 2 is 1.57 bits per heavy atom. The van der Waals surface area contributed by atoms with E-state index in [4.69, 9.17) is 0 Å². The Morgan fingerprint density at radius 3 is 2.10 bits per heavy atom. The zero-order chi connectivity index (χ0) is 16.2. The molecule has 3 amide bonds. The number of amides is 3. The summed E-state index contributed by atoms with van der Waals surface area (Å²) in [6.45, 7) is 11.8. The second-order valence-electron chi connectivity index (χ2n) is 5.89. The lowest BCUT2D eigenvalue weighted by molar-refractivity contribution is 0.0935. The lowest BCUT2D eigenvalue weighted by Gasteiger charge is -2.15. The Labute approximate surface area is 126 Å². The van der Waals surface area contributed by atoms with E-state index >= 15 is 0 Å². The minimum Gasteiger partial charge on any atom is -0.335 e. The van der Waals surface area contributed by atoms with Crippen LogP contribution < -0.4 is 16.2 Å². The summed E-state index contributed by atoms with van der Waals surface area (Å²) in [5.41, 5.74) is 8.56. The number of carbonyl (C=O) groups excluding carboxylic acids is 2. The zero-order valence-electron chi connectivity index (χ0n) is 13.6. The summed E-state index contributed by atoms with van der Waals surface area (Å²) >= 11 is 0. The van der Waals surface area contributed by atoms with Crippen LogP contribution >= 0.6 is 0 Å². The minimum absolute atomic E-state index is 0.00977. The van der Waals surface area contributed by atoms with Gasteiger partial charge in [-0.2, -0.15) is 0 Å². The molecule has 1 rings (SSSR count). The molecule has 5 nitrogen and oxygen atoms in total. The molecular formula is C16H25N3O2. The Bertz CT molecular complexity index is 537. The van der Waals surface area contributed by atoms with Crippen molar-refractivity contribution >= 4 is 11.9 Å². The van der Waals surface area contributed by atoms with Crippen molar-refractivity contribution in [2.75, 3.05) is 0 Å². The van der Waals surface area contributed by atoms with E-state index in [1.165, 1.54) is 5.56 Å². The predicted molar refractivity (Wildman–Crippen MR) is 84.3 cm³/mol. The second kappa shape index (κ2) is 7.11. The van der Waals surface area contributed by atoms with Crippen molar-refractivity contribution in [3.63, 3.8) is 0 Å². The number of aryl methyl sites for hydroxylation is 2. The fraction of sp³-hybridized carbons (Fsp3) is 0.500. The maximum Gasteiger partial charge on any atom is 0.333 e. The maximum absolute atomic E-state index is 12.2. The van der Waals surface area contributed by atoms with Crippen LogP contribution in [0.25, 0.3) is 0 Å². The highest BCUT2D eigenvalue weighted by molar-refractivity contribution is 5.96. The van der Waals surface area contributed by atoms with E-state index in [1.807, 2.05) is 39.8 Å². The van der Waals surface area contributed by atoms with Crippen molar-refractivity contribution in [3.8, 4) is 0 Å². The smallest absolute Gasteiger partial charge is 0.333 e. The van der Waals surface area contributed by atoms with Gasteiger partial charge in [0.05, 0.1) is 0 Å². The number of carbonyl (C=O) groups is 2. The molecule has 0 aliphatic heterocycles. The molecular weight excluding hydrogens is 266 g/mol. The van der Waals surface area contributed by atoms with Gasteiger partial charge in [0.15, 0.2) is 0 Å². The topological polar surface area (TPSA) is 70.2 Å². The molecule has 0 aliphatic rings. The van der Waals surface area contributed by atoms with Crippen molar-refractivity contribution < 1.29 is 9.59 Å². The zero-order valence-corrected chi connectivity index (χ0v) is 13.6. The molecule has 0 saturated carbocycles. The first-order valence-electron chi connectivity index (χ1n) is 7.20. The largest absolute Gasteiger partial charge is 0.335 e. The summed E-state index contributed by atoms with van der Waals surface area (Å²) in [4.78, 5) is 23.7. The van der Waals surface area contributed by atoms with Crippen LogP contribution in [0.5, 0.6) is 0 Å². The molecule has 1 aromatic rings. The summed E-state index contributed by atoms with van der Waals surface area (Å²) in [6.07, 6.45) is 0. The molecule has 0 fully saturated rings. The van der Waals surface area contributed by atoms with Crippen molar-refractivity contribution in [2.45, 2.75) is 53.5 Å². The predicted octanol–water partition coefficient (Wildman–Crippen LogP) is 2.78. The van der Waals surface area contributed by atoms with Crippen molar-refractivity contribution in [1.29, 1.82) is 0 Å². The number of nitrogens with one attached hydrogen (secondary N) is 3. The molecule has 0 aromatic heterocycles. The highest BCUT2D eigenvalue weighted by Crippen LogP contribution is 2.23. The third kappa shape index (κ3) is 4.77. The van der Waals surface area contributed by atoms with E-state index in [-0.39, 0.29) is 11.9 Å². The third-order valence-corrected chi connectivity index (χ3v) is 3.19. The summed E-state index contributed by atoms with van der Waals surface area (Å²) in [5, 5.41) is 2.64. The van der Waals surface area contributed by atoms with Crippen LogP contribution in [0.1, 0.15) is 60.7 Å². The van der Waals surface area contributed by atoms with Crippen LogP contribution in [0.2, 0.25) is 0 Å². The Morgan fingerprint density at radius 1 is 0.952 bits per heavy atom. The van der Waals surface area contributed by atoms with Gasteiger partial charge in [-0.05, 0) is 56.4 Å². The fourth-order valence-electron chi connectivity index (χ4n) is 2.21. The summed E-state index contributed by atoms with van der Waals surface area (Å²) in [5.74, 6) is 0.0302. The van der Waals surface area contributed by atoms with E-state index in [0.29, 0.717) is 11.5 Å². The lowest BCUT2D eigenvalue weighted by atomic mass is 9.93. The summed E-state index contributed by atoms with van der Waals surface area (Å²) < 4.78 is 0. The molecule has 3 N–H and O–H groups in total. The van der Waals surface area contributed by atoms with E-state index in [2.05, 4.69) is 30.0 Å². The number of benzene rings is 1. The monoisotopic (exact) mass is 291 g/mol. The van der Waals surface area contributed by atoms with Gasteiger partial charge in [0.2, 0.25) is 0 Å². The third-order valence-electron chi connectivity index (χ3n) is 3.19. The van der Waals surface area contributed by atoms with Gasteiger partial charge in [-0.25, -0.2) is 10.2 Å². The average molecular weight is 291 g/mol. The van der Waals surface area contributed by atoms with Gasteiger partial charge in [-0.1, -0.05) is 19.9 Å². The quantitative estimate of drug-likeness (QED) is 0.749. The second-order valence-corrected chi connectivity index (χ2v) is 5.89. The number of rotatable bonds is 3. The minimum atomic E-state index is -0.424. The Kier molecular flexibility index (Phi) is 5.76. The normalized spacial score (nSPS) is 10.7. The van der Waals surface area contributed by atoms with Crippen molar-refractivity contribution in [1.82, 2.24) is 16.2 Å². The van der Waals surface area contributed by atoms with E-state index in [9.17, 15) is 9.59 Å². The van der Waals surface area contributed by atoms with Gasteiger partial charge in [0.25, 0.3) is 5.91 Å². The molecule has 0 radical (unpaired) electrons. The van der Waals surface area contributed by atoms with Crippen LogP contribution in [-0.2, 0) is 0 Å². The standard InChI is InChI=1S/C16H25N3O2/c1-9(2)13-8-14(12(6)7-11(13)5)15(20)18-19-16(21)17-10(3)4/h7-10H,1-6H3,(H,18,20)(H2,17,19,21). The molecule has 0 atom stereocenters. The molecule has 0 saturated heterocycles. The van der Waals surface area contributed by atoms with Crippen LogP contribution in [0, 0.1) is 13.8 Å². The molecule has 0 spiro atoms. The summed E-state index contributed by atoms with van der Waals surface area (Å²) in [7, 11) is 0. The molecule has 0 aliphatic carbocycles. The van der Waals surface area contributed by atoms with Crippen LogP contribution in [-0.4, -0.2) is 18.0 Å². The van der Waals surface area contributed by atoms with Crippen LogP contribution in [0.15, 0.2) is 12.1 Å². The first-order valence-corrected chi connectivity index (χ1v) is 7.20. The van der Waals surface area contributed by atoms with E-state index in [1.54, 1.807) is 0 Å². The van der Waals surface area contributed by atoms with Gasteiger partial charge in [0, 0.05) is 11.6 Å². The van der Waals surface area contributed by atoms with Crippen LogP contribution in [0.3, 0.4) is 0 Å². The van der Waals surface area contributed by atoms with E-state index < -0.39 is 6.03 Å². The van der Waals surface area contributed by atoms with Crippen LogP contribution in [0.4, 0.5) is 4.79 Å². The van der Waals surface area contributed by atoms with Gasteiger partial charge in [0.1, 0.15) is 0 Å². The maximum atomic E-state index is 12.2. The fourth-order valence-corrected chi connectivity index (χ4v) is 2.21. The van der Waals surface area contributed by atoms with Gasteiger partial charge >= 0.3 is 6.03 Å². The van der Waals surface area contributed by atoms with Gasteiger partial charge in [-0.3, -0.25) is 10.2 Å². The van der Waals surface area contributed by atoms with Gasteiger partial charge in [-0.15, -0.1) is 0 Å². The summed E-state index contributed by atoms with van der Waals surface area (Å²) in [6, 6.07) is 3.48. The number of hydrazine groups is 1. The Balaban J connectivity index is 2.83. The number of hydrogen-bond donors (Lipinski definition) is 3. The molecule has 0 bridgehead atoms. The Hall–Kier alpha value is -2.04. The number of urea groups is 1. The molecule has 1 aromatic carbocycles. The molecule has 0 unspecified atom stereocenters. The molecule has 116 valence electrons. The first kappa shape index (κ1) is 17.0. The highest BCUT2D eigenvalue weighted by Gasteiger charge is 2.14. The molecule has 0 heterocycles. The average Bonchev–Trinajstić information content (AvgIpc) is 2.34. The molecule has 5 heteroatoms. The number of hydrogen-bond acceptors (Lipinski definition) is 2. The highest BCUT2D eigenvalue weighted by atomic mass is 16.2. The lowest BCUT2D eigenvalue weighted by Crippen LogP contribution is -2.48. The van der Waals surface area contributed by atoms with Crippen molar-refractivity contribution in [3.05, 3.63) is 34.4 Å². The van der Waals surface area contributed by atoms with Gasteiger partial charge < -0.3 is 5.32 Å². The SMILES string of the molecule is Cc1cc(C)c(C(C)C)cc1C(=O)NNC(=O)NC(C)C. The van der Waals surface area contributed by atoms with E-state index in [0.717, 1.165) is 11.1 Å². The van der Waals surface area contributed by atoms with Crippen molar-refractivity contribution in [2.24, 2.45) is 0 Å².